The van der Waals surface area contributed by atoms with Gasteiger partial charge in [-0.1, -0.05) is 31.8 Å². The number of aryl methyl sites for hydroxylation is 3. The van der Waals surface area contributed by atoms with Gasteiger partial charge in [0, 0.05) is 117 Å². The summed E-state index contributed by atoms with van der Waals surface area (Å²) in [7, 11) is 20.6. The first kappa shape index (κ1) is 74.2. The van der Waals surface area contributed by atoms with Crippen LogP contribution in [-0.2, 0) is 0 Å². The minimum atomic E-state index is 0. The van der Waals surface area contributed by atoms with Crippen molar-refractivity contribution in [2.45, 2.75) is 38.0 Å². The number of nitrogens with one attached hydrogen (secondary N) is 1. The molecule has 22 heteroatoms. The Morgan fingerprint density at radius 3 is 1.70 bits per heavy atom. The quantitative estimate of drug-likeness (QED) is 0.0885. The van der Waals surface area contributed by atoms with Gasteiger partial charge in [-0.3, -0.25) is 0 Å². The molecule has 0 fully saturated rings. The second kappa shape index (κ2) is 31.7. The van der Waals surface area contributed by atoms with E-state index >= 15 is 0 Å². The average molecular weight is 1440 g/mol. The van der Waals surface area contributed by atoms with Crippen molar-refractivity contribution in [3.8, 4) is 42.3 Å². The number of rotatable bonds is 3. The Morgan fingerprint density at radius 1 is 0.485 bits per heavy atom. The lowest BCUT2D eigenvalue weighted by molar-refractivity contribution is -0.001000. The lowest BCUT2D eigenvalue weighted by Gasteiger charge is -2.17. The van der Waals surface area contributed by atoms with Crippen LogP contribution in [0, 0.1) is 26.2 Å². The van der Waals surface area contributed by atoms with Gasteiger partial charge in [-0.25, -0.2) is 34.1 Å². The molecule has 14 nitrogen and oxygen atoms in total. The van der Waals surface area contributed by atoms with Crippen LogP contribution in [-0.4, -0.2) is 90.4 Å². The van der Waals surface area contributed by atoms with Crippen LogP contribution in [0.3, 0.4) is 0 Å². The molecule has 0 atom stereocenters. The number of nitrogens with zero attached hydrogens (tertiary/aromatic N) is 11. The van der Waals surface area contributed by atoms with Crippen LogP contribution in [0.2, 0.25) is 0 Å². The lowest BCUT2D eigenvalue weighted by atomic mass is 10.1. The van der Waals surface area contributed by atoms with Gasteiger partial charge in [0.1, 0.15) is 28.2 Å². The minimum absolute atomic E-state index is 0. The molecule has 5 N–H and O–H groups in total. The summed E-state index contributed by atoms with van der Waals surface area (Å²) in [5, 5.41) is 13.3. The molecule has 97 heavy (non-hydrogen) atoms. The summed E-state index contributed by atoms with van der Waals surface area (Å²) in [5.41, 5.74) is 29.6. The summed E-state index contributed by atoms with van der Waals surface area (Å²) in [6.45, 7) is 10.3. The van der Waals surface area contributed by atoms with Gasteiger partial charge in [-0.2, -0.15) is 4.51 Å². The second-order valence-corrected chi connectivity index (χ2v) is 29.4. The van der Waals surface area contributed by atoms with E-state index in [4.69, 9.17) is 38.6 Å². The maximum Gasteiger partial charge on any atom is 0.201 e. The molecular formula is C75H77Cl3N14S5. The highest BCUT2D eigenvalue weighted by Crippen LogP contribution is 2.40. The average Bonchev–Trinajstić information content (AvgIpc) is 0.723. The SMILES string of the molecule is C.C=c1ccc2c(c1)Sc1cc(N(C)C)ccc1N=2.CN(C)c1ccc2nc3ccc(=NCl)cc-3sc2c1.Cc1cc(=[N+](C)C)cc2sc3cc(N(C)C)cc(C)c3nc1-2.Cc1cc2nc3ccc(=[N+](C)C)cc-3sc2cc1N.N=c1ccc2nc3ccc(N)cc3sc-2c1.[Cl-].[Cl-]. The Kier molecular flexibility index (Phi) is 24.2. The standard InChI is InChI=1S/C18H22N3S.C15H15N3S.C15H14N2S.C14H12ClN3S.C12H9N3S.CH4.2ClH/c1-11-7-13(20(3)4)9-15-17(11)19-18-12(2)8-14(21(5)6)10-16(18)22-15;1-9-6-13-15(8-11(9)16)19-14-7-10(18(2)3)4-5-12(14)17-13;1-10-4-6-12-14(8-10)18-15-9-11(17(2)3)5-7-13(15)16-12;1-18(2)10-4-6-12-14(8-10)19-13-7-9(17-15)3-5-11(13)16-12;13-7-1-3-9-11(5-7)16-12-6-8(14)2-4-10(12)15-9;;;/h7-10H,1-6H3;4-8,16H,1-3H3;4-9H,1H2,2-3H3;3-8H,1-2H3;1-6,13H,14H2;1H4;2*1H/q+1;;;;;;;/p-1. The topological polar surface area (TPSA) is 168 Å². The molecule has 0 saturated heterocycles. The van der Waals surface area contributed by atoms with Gasteiger partial charge in [-0.15, -0.1) is 45.3 Å². The van der Waals surface area contributed by atoms with Crippen molar-refractivity contribution in [3.63, 3.8) is 0 Å². The van der Waals surface area contributed by atoms with Gasteiger partial charge < -0.3 is 56.4 Å². The van der Waals surface area contributed by atoms with Crippen molar-refractivity contribution >= 4 is 150 Å². The summed E-state index contributed by atoms with van der Waals surface area (Å²) in [6, 6.07) is 55.0. The minimum Gasteiger partial charge on any atom is -1.00 e. The highest BCUT2D eigenvalue weighted by Gasteiger charge is 2.17. The van der Waals surface area contributed by atoms with E-state index in [1.807, 2.05) is 127 Å². The van der Waals surface area contributed by atoms with Gasteiger partial charge in [0.15, 0.2) is 0 Å². The molecule has 498 valence electrons. The number of nitrogens with two attached hydrogens (primary N) is 2. The number of anilines is 5. The van der Waals surface area contributed by atoms with E-state index in [0.29, 0.717) is 5.36 Å². The highest BCUT2D eigenvalue weighted by atomic mass is 35.5. The zero-order chi connectivity index (χ0) is 66.8. The second-order valence-electron chi connectivity index (χ2n) is 23.8. The third-order valence-electron chi connectivity index (χ3n) is 15.6. The van der Waals surface area contributed by atoms with Gasteiger partial charge in [0.25, 0.3) is 0 Å². The number of hydrogen-bond acceptors (Lipinski definition) is 17. The molecule has 15 rings (SSSR count). The van der Waals surface area contributed by atoms with E-state index in [0.717, 1.165) is 107 Å². The Morgan fingerprint density at radius 2 is 1.04 bits per heavy atom. The number of hydrogen-bond donors (Lipinski definition) is 3. The summed E-state index contributed by atoms with van der Waals surface area (Å²) >= 11 is 14.2. The van der Waals surface area contributed by atoms with Gasteiger partial charge >= 0.3 is 0 Å². The molecule has 0 amide bonds. The lowest BCUT2D eigenvalue weighted by Crippen LogP contribution is -3.00. The van der Waals surface area contributed by atoms with Gasteiger partial charge in [0.05, 0.1) is 105 Å². The van der Waals surface area contributed by atoms with Crippen molar-refractivity contribution in [3.05, 3.63) is 212 Å². The van der Waals surface area contributed by atoms with Crippen molar-refractivity contribution < 1.29 is 24.8 Å². The summed E-state index contributed by atoms with van der Waals surface area (Å²) in [4.78, 5) is 36.8. The number of fused-ring (bicyclic) bond motifs is 10. The van der Waals surface area contributed by atoms with Crippen LogP contribution in [0.5, 0.6) is 0 Å². The Balaban J connectivity index is 0.000000154. The first-order chi connectivity index (χ1) is 44.9. The summed E-state index contributed by atoms with van der Waals surface area (Å²) in [6.07, 6.45) is 0. The fraction of sp³-hybridized carbons (Fsp3) is 0.187. The van der Waals surface area contributed by atoms with E-state index in [-0.39, 0.29) is 32.2 Å². The normalized spacial score (nSPS) is 11.2. The van der Waals surface area contributed by atoms with Crippen LogP contribution in [0.4, 0.5) is 34.1 Å². The van der Waals surface area contributed by atoms with Crippen LogP contribution in [0.15, 0.2) is 183 Å². The number of nitrogen functional groups attached to an aromatic ring is 2. The third-order valence-corrected chi connectivity index (χ3v) is 21.2. The Hall–Kier alpha value is -8.63. The zero-order valence-electron chi connectivity index (χ0n) is 55.5. The molecule has 5 aliphatic heterocycles. The highest BCUT2D eigenvalue weighted by molar-refractivity contribution is 7.99. The van der Waals surface area contributed by atoms with Crippen molar-refractivity contribution in [2.75, 3.05) is 96.6 Å². The molecule has 0 spiro atoms. The molecule has 5 heterocycles. The Bertz CT molecular complexity index is 5500. The van der Waals surface area contributed by atoms with E-state index in [9.17, 15) is 0 Å². The summed E-state index contributed by atoms with van der Waals surface area (Å²) in [5.74, 6) is 0. The Labute approximate surface area is 603 Å². The molecular weight excluding hydrogens is 1360 g/mol. The molecule has 9 aliphatic rings. The predicted octanol–water partition coefficient (Wildman–Crippen LogP) is 8.65. The first-order valence-electron chi connectivity index (χ1n) is 30.1. The predicted molar refractivity (Wildman–Crippen MR) is 412 cm³/mol. The largest absolute Gasteiger partial charge is 1.00 e. The third kappa shape index (κ3) is 17.2. The van der Waals surface area contributed by atoms with Crippen molar-refractivity contribution in [1.29, 1.82) is 5.41 Å². The fourth-order valence-electron chi connectivity index (χ4n) is 10.2. The van der Waals surface area contributed by atoms with Crippen LogP contribution >= 0.6 is 68.9 Å². The van der Waals surface area contributed by atoms with E-state index in [2.05, 4.69) is 183 Å². The van der Waals surface area contributed by atoms with E-state index in [1.165, 1.54) is 63.1 Å². The molecule has 6 aromatic carbocycles. The molecule has 0 saturated carbocycles. The number of benzene rings is 10. The molecule has 0 bridgehead atoms. The van der Waals surface area contributed by atoms with Crippen molar-refractivity contribution in [1.82, 2.24) is 29.1 Å². The number of aromatic nitrogens is 4. The van der Waals surface area contributed by atoms with E-state index in [1.54, 1.807) is 51.8 Å². The molecule has 0 radical (unpaired) electrons. The maximum atomic E-state index is 7.58. The first-order valence-corrected chi connectivity index (χ1v) is 34.5. The van der Waals surface area contributed by atoms with Gasteiger partial charge in [0.2, 0.25) is 10.7 Å². The molecule has 4 aliphatic carbocycles. The molecule has 6 aromatic rings. The van der Waals surface area contributed by atoms with Crippen LogP contribution < -0.4 is 92.1 Å². The fourth-order valence-corrected chi connectivity index (χ4v) is 15.7. The summed E-state index contributed by atoms with van der Waals surface area (Å²) < 4.78 is 12.5. The maximum absolute atomic E-state index is 7.58. The van der Waals surface area contributed by atoms with Crippen molar-refractivity contribution in [2.24, 2.45) is 9.50 Å². The smallest absolute Gasteiger partial charge is 0.201 e. The molecule has 0 aromatic heterocycles. The monoisotopic (exact) mass is 1440 g/mol. The molecule has 0 unspecified atom stereocenters. The number of halogens is 3. The van der Waals surface area contributed by atoms with E-state index < -0.39 is 0 Å². The van der Waals surface area contributed by atoms with Crippen LogP contribution in [0.25, 0.3) is 89.7 Å². The van der Waals surface area contributed by atoms with Gasteiger partial charge in [-0.05, 0) is 176 Å². The van der Waals surface area contributed by atoms with Crippen LogP contribution in [0.1, 0.15) is 24.1 Å². The zero-order valence-corrected chi connectivity index (χ0v) is 61.9.